The Kier molecular flexibility index (Phi) is 5.61. The first-order valence-electron chi connectivity index (χ1n) is 10.0. The summed E-state index contributed by atoms with van der Waals surface area (Å²) in [5.41, 5.74) is 0.284. The number of carbonyl (C=O) groups excluding carboxylic acids is 1. The fourth-order valence-electron chi connectivity index (χ4n) is 4.58. The molecule has 3 saturated heterocycles. The first-order valence-corrected chi connectivity index (χ1v) is 10.0. The molecule has 4 heterocycles. The molecule has 1 amide bonds. The topological polar surface area (TPSA) is 64.0 Å². The molecule has 2 unspecified atom stereocenters. The van der Waals surface area contributed by atoms with Crippen LogP contribution in [0.3, 0.4) is 0 Å². The highest BCUT2D eigenvalue weighted by Gasteiger charge is 2.37. The number of amides is 1. The maximum atomic E-state index is 12.9. The molecule has 3 aliphatic heterocycles. The molecule has 0 N–H and O–H groups in total. The van der Waals surface area contributed by atoms with Gasteiger partial charge in [-0.2, -0.15) is 0 Å². The van der Waals surface area contributed by atoms with E-state index in [2.05, 4.69) is 4.90 Å². The number of carbonyl (C=O) groups is 1. The normalized spacial score (nSPS) is 27.8. The van der Waals surface area contributed by atoms with E-state index in [1.807, 2.05) is 4.90 Å². The Morgan fingerprint density at radius 2 is 1.89 bits per heavy atom. The van der Waals surface area contributed by atoms with E-state index in [-0.39, 0.29) is 17.6 Å². The van der Waals surface area contributed by atoms with Crippen LogP contribution in [0.2, 0.25) is 0 Å². The molecule has 3 aliphatic rings. The maximum absolute atomic E-state index is 12.9. The average Bonchev–Trinajstić information content (AvgIpc) is 2.92. The number of rotatable bonds is 2. The fourth-order valence-corrected chi connectivity index (χ4v) is 4.58. The molecule has 27 heavy (non-hydrogen) atoms. The maximum Gasteiger partial charge on any atom is 0.270 e. The summed E-state index contributed by atoms with van der Waals surface area (Å²) >= 11 is 0. The van der Waals surface area contributed by atoms with Gasteiger partial charge in [-0.3, -0.25) is 14.5 Å². The van der Waals surface area contributed by atoms with E-state index >= 15 is 0 Å². The molecule has 1 aromatic heterocycles. The van der Waals surface area contributed by atoms with Gasteiger partial charge in [0.2, 0.25) is 0 Å². The molecule has 0 spiro atoms. The van der Waals surface area contributed by atoms with Crippen molar-refractivity contribution in [1.29, 1.82) is 0 Å². The van der Waals surface area contributed by atoms with Crippen molar-refractivity contribution in [2.24, 2.45) is 13.0 Å². The number of aromatic nitrogens is 1. The molecule has 0 bridgehead atoms. The average molecular weight is 375 g/mol. The summed E-state index contributed by atoms with van der Waals surface area (Å²) in [5.74, 6) is 0.377. The van der Waals surface area contributed by atoms with Crippen LogP contribution in [0.4, 0.5) is 0 Å². The van der Waals surface area contributed by atoms with Crippen LogP contribution in [0, 0.1) is 5.92 Å². The second-order valence-corrected chi connectivity index (χ2v) is 7.86. The highest BCUT2D eigenvalue weighted by molar-refractivity contribution is 5.92. The molecule has 148 valence electrons. The lowest BCUT2D eigenvalue weighted by atomic mass is 9.92. The number of hydrogen-bond donors (Lipinski definition) is 0. The lowest BCUT2D eigenvalue weighted by Gasteiger charge is -2.39. The van der Waals surface area contributed by atoms with Crippen molar-refractivity contribution in [3.63, 3.8) is 0 Å². The lowest BCUT2D eigenvalue weighted by Crippen LogP contribution is -2.50. The summed E-state index contributed by atoms with van der Waals surface area (Å²) in [7, 11) is 1.65. The van der Waals surface area contributed by atoms with Gasteiger partial charge in [-0.1, -0.05) is 6.07 Å². The van der Waals surface area contributed by atoms with E-state index in [4.69, 9.17) is 9.47 Å². The van der Waals surface area contributed by atoms with Crippen molar-refractivity contribution in [2.75, 3.05) is 46.0 Å². The Morgan fingerprint density at radius 1 is 1.07 bits per heavy atom. The van der Waals surface area contributed by atoms with Gasteiger partial charge in [0.05, 0.1) is 12.7 Å². The molecule has 0 aliphatic carbocycles. The molecule has 0 aromatic carbocycles. The van der Waals surface area contributed by atoms with E-state index in [1.165, 1.54) is 10.6 Å². The van der Waals surface area contributed by atoms with Gasteiger partial charge < -0.3 is 18.9 Å². The van der Waals surface area contributed by atoms with Crippen molar-refractivity contribution in [3.05, 3.63) is 34.2 Å². The Hall–Kier alpha value is -1.70. The molecule has 0 saturated carbocycles. The largest absolute Gasteiger partial charge is 0.381 e. The SMILES string of the molecule is Cn1c(C(=O)N2CCC3CN(C4CCOCC4)CCOC3C2)cccc1=O. The number of nitrogens with zero attached hydrogens (tertiary/aromatic N) is 3. The van der Waals surface area contributed by atoms with E-state index in [0.29, 0.717) is 37.4 Å². The van der Waals surface area contributed by atoms with Gasteiger partial charge in [-0.15, -0.1) is 0 Å². The van der Waals surface area contributed by atoms with Gasteiger partial charge >= 0.3 is 0 Å². The Morgan fingerprint density at radius 3 is 2.70 bits per heavy atom. The van der Waals surface area contributed by atoms with Gasteiger partial charge in [-0.25, -0.2) is 0 Å². The number of piperidine rings is 1. The van der Waals surface area contributed by atoms with E-state index in [1.54, 1.807) is 19.2 Å². The number of hydrogen-bond acceptors (Lipinski definition) is 5. The Balaban J connectivity index is 1.42. The molecule has 7 heteroatoms. The summed E-state index contributed by atoms with van der Waals surface area (Å²) in [6, 6.07) is 5.44. The minimum Gasteiger partial charge on any atom is -0.381 e. The fraction of sp³-hybridized carbons (Fsp3) is 0.700. The first-order chi connectivity index (χ1) is 13.1. The van der Waals surface area contributed by atoms with E-state index in [9.17, 15) is 9.59 Å². The second kappa shape index (κ2) is 8.12. The quantitative estimate of drug-likeness (QED) is 0.763. The second-order valence-electron chi connectivity index (χ2n) is 7.86. The highest BCUT2D eigenvalue weighted by atomic mass is 16.5. The third-order valence-electron chi connectivity index (χ3n) is 6.27. The summed E-state index contributed by atoms with van der Waals surface area (Å²) in [6.07, 6.45) is 3.22. The molecule has 4 rings (SSSR count). The zero-order valence-electron chi connectivity index (χ0n) is 16.0. The lowest BCUT2D eigenvalue weighted by molar-refractivity contribution is -0.0177. The zero-order chi connectivity index (χ0) is 18.8. The van der Waals surface area contributed by atoms with Crippen LogP contribution in [0.25, 0.3) is 0 Å². The van der Waals surface area contributed by atoms with Gasteiger partial charge in [-0.05, 0) is 25.3 Å². The van der Waals surface area contributed by atoms with Crippen LogP contribution in [0.5, 0.6) is 0 Å². The van der Waals surface area contributed by atoms with E-state index < -0.39 is 0 Å². The van der Waals surface area contributed by atoms with Crippen LogP contribution < -0.4 is 5.56 Å². The van der Waals surface area contributed by atoms with Crippen molar-refractivity contribution in [2.45, 2.75) is 31.4 Å². The standard InChI is InChI=1S/C20H29N3O4/c1-21-17(3-2-4-19(21)24)20(25)23-8-5-15-13-22(9-12-27-18(15)14-23)16-6-10-26-11-7-16/h2-4,15-16,18H,5-14H2,1H3. The highest BCUT2D eigenvalue weighted by Crippen LogP contribution is 2.27. The zero-order valence-corrected chi connectivity index (χ0v) is 16.0. The van der Waals surface area contributed by atoms with Crippen molar-refractivity contribution in [3.8, 4) is 0 Å². The van der Waals surface area contributed by atoms with Crippen LogP contribution in [0.1, 0.15) is 29.8 Å². The van der Waals surface area contributed by atoms with Gasteiger partial charge in [0.15, 0.2) is 0 Å². The summed E-state index contributed by atoms with van der Waals surface area (Å²) in [6.45, 7) is 5.75. The molecule has 2 atom stereocenters. The number of pyridine rings is 1. The Bertz CT molecular complexity index is 728. The molecular formula is C20H29N3O4. The van der Waals surface area contributed by atoms with Gasteiger partial charge in [0, 0.05) is 64.5 Å². The molecule has 1 aromatic rings. The number of fused-ring (bicyclic) bond motifs is 1. The van der Waals surface area contributed by atoms with Crippen molar-refractivity contribution >= 4 is 5.91 Å². The minimum atomic E-state index is -0.159. The van der Waals surface area contributed by atoms with Crippen molar-refractivity contribution in [1.82, 2.24) is 14.4 Å². The van der Waals surface area contributed by atoms with Crippen LogP contribution in [-0.4, -0.2) is 78.4 Å². The molecule has 3 fully saturated rings. The van der Waals surface area contributed by atoms with Crippen LogP contribution in [0.15, 0.2) is 23.0 Å². The minimum absolute atomic E-state index is 0.0771. The van der Waals surface area contributed by atoms with Crippen molar-refractivity contribution < 1.29 is 14.3 Å². The smallest absolute Gasteiger partial charge is 0.270 e. The first kappa shape index (κ1) is 18.7. The molecule has 0 radical (unpaired) electrons. The summed E-state index contributed by atoms with van der Waals surface area (Å²) in [5, 5.41) is 0. The molecular weight excluding hydrogens is 346 g/mol. The third kappa shape index (κ3) is 3.95. The van der Waals surface area contributed by atoms with Crippen LogP contribution >= 0.6 is 0 Å². The van der Waals surface area contributed by atoms with Gasteiger partial charge in [0.25, 0.3) is 11.5 Å². The van der Waals surface area contributed by atoms with E-state index in [0.717, 1.165) is 45.6 Å². The monoisotopic (exact) mass is 375 g/mol. The third-order valence-corrected chi connectivity index (χ3v) is 6.27. The van der Waals surface area contributed by atoms with Gasteiger partial charge in [0.1, 0.15) is 5.69 Å². The predicted octanol–water partition coefficient (Wildman–Crippen LogP) is 0.727. The Labute approximate surface area is 159 Å². The van der Waals surface area contributed by atoms with Crippen LogP contribution in [-0.2, 0) is 16.5 Å². The summed E-state index contributed by atoms with van der Waals surface area (Å²) in [4.78, 5) is 29.2. The number of likely N-dealkylation sites (tertiary alicyclic amines) is 1. The predicted molar refractivity (Wildman–Crippen MR) is 101 cm³/mol. The summed E-state index contributed by atoms with van der Waals surface area (Å²) < 4.78 is 13.1. The molecule has 7 nitrogen and oxygen atoms in total. The number of ether oxygens (including phenoxy) is 2.